The average molecular weight is 305 g/mol. The number of carbonyl (C=O) groups excluding carboxylic acids is 1. The lowest BCUT2D eigenvalue weighted by Crippen LogP contribution is -2.39. The molecule has 116 valence electrons. The molecule has 1 aliphatic rings. The van der Waals surface area contributed by atoms with Crippen LogP contribution in [0.25, 0.3) is 0 Å². The molecular formula is C19H19N3O. The monoisotopic (exact) mass is 305 g/mol. The maximum absolute atomic E-state index is 12.4. The Kier molecular flexibility index (Phi) is 4.40. The fraction of sp³-hybridized carbons (Fsp3) is 0.263. The fourth-order valence-electron chi connectivity index (χ4n) is 3.04. The van der Waals surface area contributed by atoms with Crippen molar-refractivity contribution in [2.75, 3.05) is 5.32 Å². The second-order valence-corrected chi connectivity index (χ2v) is 5.83. The second-order valence-electron chi connectivity index (χ2n) is 5.83. The summed E-state index contributed by atoms with van der Waals surface area (Å²) in [4.78, 5) is 12.4. The number of hydrogen-bond acceptors (Lipinski definition) is 3. The molecule has 0 fully saturated rings. The fourth-order valence-corrected chi connectivity index (χ4v) is 3.04. The molecule has 0 bridgehead atoms. The number of rotatable bonds is 4. The third-order valence-electron chi connectivity index (χ3n) is 4.28. The van der Waals surface area contributed by atoms with Gasteiger partial charge in [0, 0.05) is 6.04 Å². The molecule has 3 rings (SSSR count). The van der Waals surface area contributed by atoms with Crippen molar-refractivity contribution in [1.82, 2.24) is 5.32 Å². The van der Waals surface area contributed by atoms with Gasteiger partial charge in [-0.2, -0.15) is 5.26 Å². The molecule has 2 aromatic carbocycles. The Hall–Kier alpha value is -2.64. The minimum absolute atomic E-state index is 0.128. The van der Waals surface area contributed by atoms with E-state index < -0.39 is 0 Å². The summed E-state index contributed by atoms with van der Waals surface area (Å²) >= 11 is 0. The molecule has 2 aromatic rings. The van der Waals surface area contributed by atoms with E-state index in [0.717, 1.165) is 12.8 Å². The molecule has 1 amide bonds. The third-order valence-corrected chi connectivity index (χ3v) is 4.28. The number of amides is 1. The van der Waals surface area contributed by atoms with Crippen LogP contribution < -0.4 is 10.6 Å². The van der Waals surface area contributed by atoms with Gasteiger partial charge in [0.15, 0.2) is 0 Å². The summed E-state index contributed by atoms with van der Waals surface area (Å²) in [6, 6.07) is 17.3. The molecule has 1 aliphatic carbocycles. The van der Waals surface area contributed by atoms with Crippen LogP contribution in [0.3, 0.4) is 0 Å². The van der Waals surface area contributed by atoms with E-state index in [-0.39, 0.29) is 18.0 Å². The molecule has 0 radical (unpaired) electrons. The van der Waals surface area contributed by atoms with E-state index in [9.17, 15) is 4.79 Å². The third kappa shape index (κ3) is 3.25. The van der Waals surface area contributed by atoms with E-state index >= 15 is 0 Å². The first-order chi connectivity index (χ1) is 11.2. The summed E-state index contributed by atoms with van der Waals surface area (Å²) in [5.74, 6) is -0.128. The van der Waals surface area contributed by atoms with Crippen molar-refractivity contribution >= 4 is 11.6 Å². The zero-order valence-corrected chi connectivity index (χ0v) is 13.0. The topological polar surface area (TPSA) is 64.9 Å². The lowest BCUT2D eigenvalue weighted by molar-refractivity contribution is -0.118. The van der Waals surface area contributed by atoms with Gasteiger partial charge in [0.2, 0.25) is 5.91 Å². The van der Waals surface area contributed by atoms with Crippen molar-refractivity contribution in [2.45, 2.75) is 31.8 Å². The summed E-state index contributed by atoms with van der Waals surface area (Å²) in [5, 5.41) is 15.3. The van der Waals surface area contributed by atoms with Crippen molar-refractivity contribution in [1.29, 1.82) is 5.26 Å². The summed E-state index contributed by atoms with van der Waals surface area (Å²) < 4.78 is 0. The highest BCUT2D eigenvalue weighted by Crippen LogP contribution is 2.31. The van der Waals surface area contributed by atoms with Crippen LogP contribution in [-0.2, 0) is 11.2 Å². The molecule has 2 N–H and O–H groups in total. The number of para-hydroxylation sites is 1. The number of nitrogens with one attached hydrogen (secondary N) is 2. The summed E-state index contributed by atoms with van der Waals surface area (Å²) in [5.41, 5.74) is 3.66. The van der Waals surface area contributed by atoms with Crippen LogP contribution in [0.2, 0.25) is 0 Å². The number of aryl methyl sites for hydroxylation is 1. The standard InChI is InChI=1S/C19H19N3O/c1-13(19(23)22-17-9-5-3-7-15(17)12-20)21-18-11-10-14-6-2-4-8-16(14)18/h2-9,13,18,21H,10-11H2,1H3,(H,22,23)/t13-,18-/m0/s1. The maximum Gasteiger partial charge on any atom is 0.241 e. The molecule has 23 heavy (non-hydrogen) atoms. The number of nitrogens with zero attached hydrogens (tertiary/aromatic N) is 1. The molecule has 0 heterocycles. The number of anilines is 1. The zero-order valence-electron chi connectivity index (χ0n) is 13.0. The van der Waals surface area contributed by atoms with Gasteiger partial charge in [-0.15, -0.1) is 0 Å². The first kappa shape index (κ1) is 15.3. The van der Waals surface area contributed by atoms with Gasteiger partial charge in [0.25, 0.3) is 0 Å². The zero-order chi connectivity index (χ0) is 16.2. The van der Waals surface area contributed by atoms with Gasteiger partial charge in [-0.3, -0.25) is 10.1 Å². The van der Waals surface area contributed by atoms with Crippen LogP contribution in [0.1, 0.15) is 36.1 Å². The normalized spacial score (nSPS) is 17.1. The van der Waals surface area contributed by atoms with Crippen molar-refractivity contribution in [2.24, 2.45) is 0 Å². The summed E-state index contributed by atoms with van der Waals surface area (Å²) in [6.45, 7) is 1.85. The maximum atomic E-state index is 12.4. The van der Waals surface area contributed by atoms with Crippen molar-refractivity contribution in [3.63, 3.8) is 0 Å². The quantitative estimate of drug-likeness (QED) is 0.912. The van der Waals surface area contributed by atoms with Crippen LogP contribution in [0, 0.1) is 11.3 Å². The second kappa shape index (κ2) is 6.64. The van der Waals surface area contributed by atoms with Gasteiger partial charge >= 0.3 is 0 Å². The van der Waals surface area contributed by atoms with Gasteiger partial charge in [-0.25, -0.2) is 0 Å². The SMILES string of the molecule is C[C@H](N[C@H]1CCc2ccccc21)C(=O)Nc1ccccc1C#N. The van der Waals surface area contributed by atoms with Gasteiger partial charge in [0.05, 0.1) is 17.3 Å². The predicted octanol–water partition coefficient (Wildman–Crippen LogP) is 3.16. The lowest BCUT2D eigenvalue weighted by atomic mass is 10.1. The molecule has 0 unspecified atom stereocenters. The number of fused-ring (bicyclic) bond motifs is 1. The first-order valence-corrected chi connectivity index (χ1v) is 7.83. The van der Waals surface area contributed by atoms with Crippen molar-refractivity contribution < 1.29 is 4.79 Å². The highest BCUT2D eigenvalue weighted by atomic mass is 16.2. The molecular weight excluding hydrogens is 286 g/mol. The van der Waals surface area contributed by atoms with Crippen molar-refractivity contribution in [3.05, 3.63) is 65.2 Å². The molecule has 0 saturated heterocycles. The highest BCUT2D eigenvalue weighted by Gasteiger charge is 2.25. The van der Waals surface area contributed by atoms with Gasteiger partial charge in [-0.05, 0) is 43.0 Å². The molecule has 0 saturated carbocycles. The molecule has 2 atom stereocenters. The lowest BCUT2D eigenvalue weighted by Gasteiger charge is -2.20. The first-order valence-electron chi connectivity index (χ1n) is 7.83. The molecule has 0 aromatic heterocycles. The predicted molar refractivity (Wildman–Crippen MR) is 89.9 cm³/mol. The minimum Gasteiger partial charge on any atom is -0.324 e. The number of hydrogen-bond donors (Lipinski definition) is 2. The Labute approximate surface area is 136 Å². The number of benzene rings is 2. The smallest absolute Gasteiger partial charge is 0.241 e. The van der Waals surface area contributed by atoms with Gasteiger partial charge in [0.1, 0.15) is 6.07 Å². The van der Waals surface area contributed by atoms with E-state index in [1.165, 1.54) is 11.1 Å². The Bertz CT molecular complexity index is 763. The van der Waals surface area contributed by atoms with E-state index in [4.69, 9.17) is 5.26 Å². The van der Waals surface area contributed by atoms with Crippen LogP contribution >= 0.6 is 0 Å². The Morgan fingerprint density at radius 3 is 2.78 bits per heavy atom. The Balaban J connectivity index is 1.66. The summed E-state index contributed by atoms with van der Waals surface area (Å²) in [6.07, 6.45) is 2.05. The van der Waals surface area contributed by atoms with E-state index in [2.05, 4.69) is 34.9 Å². The van der Waals surface area contributed by atoms with Crippen LogP contribution in [0.4, 0.5) is 5.69 Å². The number of carbonyl (C=O) groups is 1. The molecule has 0 aliphatic heterocycles. The Morgan fingerprint density at radius 2 is 1.96 bits per heavy atom. The van der Waals surface area contributed by atoms with Crippen LogP contribution in [-0.4, -0.2) is 11.9 Å². The van der Waals surface area contributed by atoms with Gasteiger partial charge < -0.3 is 5.32 Å². The molecule has 0 spiro atoms. The van der Waals surface area contributed by atoms with Crippen LogP contribution in [0.5, 0.6) is 0 Å². The van der Waals surface area contributed by atoms with E-state index in [1.54, 1.807) is 18.2 Å². The highest BCUT2D eigenvalue weighted by molar-refractivity contribution is 5.95. The van der Waals surface area contributed by atoms with Crippen molar-refractivity contribution in [3.8, 4) is 6.07 Å². The largest absolute Gasteiger partial charge is 0.324 e. The Morgan fingerprint density at radius 1 is 1.22 bits per heavy atom. The van der Waals surface area contributed by atoms with E-state index in [1.807, 2.05) is 19.1 Å². The molecule has 4 heteroatoms. The summed E-state index contributed by atoms with van der Waals surface area (Å²) in [7, 11) is 0. The average Bonchev–Trinajstić information content (AvgIpc) is 2.98. The van der Waals surface area contributed by atoms with E-state index in [0.29, 0.717) is 11.3 Å². The van der Waals surface area contributed by atoms with Crippen LogP contribution in [0.15, 0.2) is 48.5 Å². The number of nitriles is 1. The van der Waals surface area contributed by atoms with Gasteiger partial charge in [-0.1, -0.05) is 36.4 Å². The minimum atomic E-state index is -0.335. The molecule has 4 nitrogen and oxygen atoms in total.